The molecule has 0 aliphatic heterocycles. The molecular weight excluding hydrogens is 382 g/mol. The number of esters is 1. The fourth-order valence-corrected chi connectivity index (χ4v) is 3.78. The van der Waals surface area contributed by atoms with Gasteiger partial charge in [-0.15, -0.1) is 11.3 Å². The van der Waals surface area contributed by atoms with Crippen molar-refractivity contribution in [3.8, 4) is 11.5 Å². The first kappa shape index (κ1) is 21.4. The third-order valence-corrected chi connectivity index (χ3v) is 5.41. The fraction of sp³-hybridized carbons (Fsp3) is 0.350. The number of carbonyl (C=O) groups excluding carboxylic acids is 3. The van der Waals surface area contributed by atoms with E-state index in [-0.39, 0.29) is 30.3 Å². The number of methoxy groups -OCH3 is 2. The summed E-state index contributed by atoms with van der Waals surface area (Å²) in [6.45, 7) is 5.00. The van der Waals surface area contributed by atoms with E-state index in [0.717, 1.165) is 11.3 Å². The van der Waals surface area contributed by atoms with Gasteiger partial charge in [-0.2, -0.15) is 0 Å². The summed E-state index contributed by atoms with van der Waals surface area (Å²) in [4.78, 5) is 37.2. The van der Waals surface area contributed by atoms with Crippen LogP contribution < -0.4 is 14.8 Å². The van der Waals surface area contributed by atoms with Crippen LogP contribution in [-0.4, -0.2) is 44.9 Å². The quantitative estimate of drug-likeness (QED) is 0.502. The maximum absolute atomic E-state index is 12.6. The molecule has 2 aromatic rings. The second kappa shape index (κ2) is 9.36. The summed E-state index contributed by atoms with van der Waals surface area (Å²) < 4.78 is 15.5. The Morgan fingerprint density at radius 2 is 1.79 bits per heavy atom. The summed E-state index contributed by atoms with van der Waals surface area (Å²) in [5, 5.41) is 3.42. The van der Waals surface area contributed by atoms with Gasteiger partial charge >= 0.3 is 5.97 Å². The maximum atomic E-state index is 12.6. The highest BCUT2D eigenvalue weighted by atomic mass is 32.1. The average Bonchev–Trinajstić information content (AvgIpc) is 3.02. The summed E-state index contributed by atoms with van der Waals surface area (Å²) in [7, 11) is 3.01. The first-order valence-corrected chi connectivity index (χ1v) is 9.46. The van der Waals surface area contributed by atoms with Gasteiger partial charge in [-0.05, 0) is 44.5 Å². The number of hydrogen-bond acceptors (Lipinski definition) is 8. The van der Waals surface area contributed by atoms with Crippen molar-refractivity contribution in [1.29, 1.82) is 0 Å². The smallest absolute Gasteiger partial charge is 0.341 e. The van der Waals surface area contributed by atoms with E-state index in [1.165, 1.54) is 21.1 Å². The highest BCUT2D eigenvalue weighted by molar-refractivity contribution is 7.18. The van der Waals surface area contributed by atoms with Crippen LogP contribution in [0.4, 0.5) is 5.00 Å². The van der Waals surface area contributed by atoms with Crippen molar-refractivity contribution in [2.75, 3.05) is 32.7 Å². The van der Waals surface area contributed by atoms with Crippen LogP contribution in [0.2, 0.25) is 0 Å². The highest BCUT2D eigenvalue weighted by Crippen LogP contribution is 2.34. The van der Waals surface area contributed by atoms with Crippen molar-refractivity contribution in [2.45, 2.75) is 20.8 Å². The number of carbonyl (C=O) groups is 3. The molecule has 0 fully saturated rings. The van der Waals surface area contributed by atoms with Crippen molar-refractivity contribution in [3.05, 3.63) is 39.8 Å². The molecule has 0 bridgehead atoms. The van der Waals surface area contributed by atoms with E-state index >= 15 is 0 Å². The third kappa shape index (κ3) is 4.51. The van der Waals surface area contributed by atoms with Gasteiger partial charge in [0.05, 0.1) is 37.8 Å². The van der Waals surface area contributed by atoms with E-state index in [0.29, 0.717) is 32.5 Å². The van der Waals surface area contributed by atoms with Crippen LogP contribution in [0.1, 0.15) is 49.8 Å². The van der Waals surface area contributed by atoms with Crippen molar-refractivity contribution < 1.29 is 28.6 Å². The fourth-order valence-electron chi connectivity index (χ4n) is 2.70. The van der Waals surface area contributed by atoms with Gasteiger partial charge < -0.3 is 19.5 Å². The monoisotopic (exact) mass is 405 g/mol. The zero-order chi connectivity index (χ0) is 20.8. The summed E-state index contributed by atoms with van der Waals surface area (Å²) >= 11 is 1.14. The van der Waals surface area contributed by atoms with E-state index < -0.39 is 5.97 Å². The van der Waals surface area contributed by atoms with Crippen LogP contribution in [0.25, 0.3) is 0 Å². The molecule has 8 heteroatoms. The molecule has 1 heterocycles. The minimum atomic E-state index is -0.523. The lowest BCUT2D eigenvalue weighted by Gasteiger charge is -2.10. The lowest BCUT2D eigenvalue weighted by molar-refractivity contribution is 0.0527. The topological polar surface area (TPSA) is 90.9 Å². The normalized spacial score (nSPS) is 10.3. The van der Waals surface area contributed by atoms with Crippen LogP contribution in [0.15, 0.2) is 18.2 Å². The molecule has 0 radical (unpaired) electrons. The molecule has 0 atom stereocenters. The lowest BCUT2D eigenvalue weighted by Crippen LogP contribution is -2.16. The van der Waals surface area contributed by atoms with E-state index in [9.17, 15) is 14.4 Å². The summed E-state index contributed by atoms with van der Waals surface area (Å²) in [5.74, 6) is 0.103. The zero-order valence-corrected chi connectivity index (χ0v) is 17.3. The Balaban J connectivity index is 2.26. The number of rotatable bonds is 9. The van der Waals surface area contributed by atoms with Gasteiger partial charge in [-0.25, -0.2) is 4.79 Å². The van der Waals surface area contributed by atoms with E-state index in [4.69, 9.17) is 14.2 Å². The van der Waals surface area contributed by atoms with Crippen LogP contribution in [-0.2, 0) is 4.74 Å². The largest absolute Gasteiger partial charge is 0.493 e. The molecule has 7 nitrogen and oxygen atoms in total. The third-order valence-electron chi connectivity index (χ3n) is 4.06. The Labute approximate surface area is 167 Å². The van der Waals surface area contributed by atoms with Gasteiger partial charge in [0.1, 0.15) is 5.00 Å². The molecule has 0 amide bonds. The molecule has 0 unspecified atom stereocenters. The molecule has 150 valence electrons. The van der Waals surface area contributed by atoms with Gasteiger partial charge in [0.2, 0.25) is 0 Å². The molecule has 1 N–H and O–H groups in total. The molecule has 0 aliphatic carbocycles. The van der Waals surface area contributed by atoms with E-state index in [1.54, 1.807) is 32.0 Å². The number of benzene rings is 1. The molecule has 2 rings (SSSR count). The van der Waals surface area contributed by atoms with Crippen LogP contribution in [0, 0.1) is 6.92 Å². The second-order valence-corrected chi connectivity index (χ2v) is 6.90. The number of anilines is 1. The van der Waals surface area contributed by atoms with E-state index in [2.05, 4.69) is 5.32 Å². The standard InChI is InChI=1S/C20H23NO6S/c1-6-27-20(24)17-11(2)18(12(3)22)28-19(17)21-10-14(23)13-7-8-15(25-4)16(9-13)26-5/h7-9,21H,6,10H2,1-5H3. The van der Waals surface area contributed by atoms with E-state index in [1.807, 2.05) is 0 Å². The minimum absolute atomic E-state index is 0.0564. The number of Topliss-reactive ketones (excluding diaryl/α,β-unsaturated/α-hetero) is 2. The maximum Gasteiger partial charge on any atom is 0.341 e. The number of nitrogens with one attached hydrogen (secondary N) is 1. The minimum Gasteiger partial charge on any atom is -0.493 e. The number of ketones is 2. The average molecular weight is 405 g/mol. The van der Waals surface area contributed by atoms with Gasteiger partial charge in [-0.1, -0.05) is 0 Å². The molecule has 0 saturated carbocycles. The first-order chi connectivity index (χ1) is 13.3. The molecule has 0 aliphatic rings. The summed E-state index contributed by atoms with van der Waals surface area (Å²) in [6.07, 6.45) is 0. The molecule has 1 aromatic carbocycles. The predicted molar refractivity (Wildman–Crippen MR) is 107 cm³/mol. The Morgan fingerprint density at radius 3 is 2.36 bits per heavy atom. The molecular formula is C20H23NO6S. The molecule has 0 saturated heterocycles. The second-order valence-electron chi connectivity index (χ2n) is 5.88. The molecule has 28 heavy (non-hydrogen) atoms. The summed E-state index contributed by atoms with van der Waals surface area (Å²) in [5.41, 5.74) is 1.28. The van der Waals surface area contributed by atoms with Gasteiger partial charge in [0.25, 0.3) is 0 Å². The SMILES string of the molecule is CCOC(=O)c1c(NCC(=O)c2ccc(OC)c(OC)c2)sc(C(C)=O)c1C. The zero-order valence-electron chi connectivity index (χ0n) is 16.5. The predicted octanol–water partition coefficient (Wildman–Crippen LogP) is 3.75. The number of hydrogen-bond donors (Lipinski definition) is 1. The number of thiophene rings is 1. The van der Waals surface area contributed by atoms with Crippen molar-refractivity contribution in [3.63, 3.8) is 0 Å². The Hall–Kier alpha value is -2.87. The summed E-state index contributed by atoms with van der Waals surface area (Å²) in [6, 6.07) is 4.88. The lowest BCUT2D eigenvalue weighted by atomic mass is 10.1. The van der Waals surface area contributed by atoms with Crippen molar-refractivity contribution >= 4 is 33.9 Å². The molecule has 0 spiro atoms. The van der Waals surface area contributed by atoms with Crippen molar-refractivity contribution in [1.82, 2.24) is 0 Å². The van der Waals surface area contributed by atoms with Crippen molar-refractivity contribution in [2.24, 2.45) is 0 Å². The highest BCUT2D eigenvalue weighted by Gasteiger charge is 2.24. The number of ether oxygens (including phenoxy) is 3. The Bertz CT molecular complexity index is 902. The Morgan fingerprint density at radius 1 is 1.11 bits per heavy atom. The molecule has 1 aromatic heterocycles. The van der Waals surface area contributed by atoms with Crippen LogP contribution in [0.5, 0.6) is 11.5 Å². The Kier molecular flexibility index (Phi) is 7.17. The van der Waals surface area contributed by atoms with Gasteiger partial charge in [-0.3, -0.25) is 9.59 Å². The van der Waals surface area contributed by atoms with Gasteiger partial charge in [0.15, 0.2) is 23.1 Å². The first-order valence-electron chi connectivity index (χ1n) is 8.64. The van der Waals surface area contributed by atoms with Gasteiger partial charge in [0, 0.05) is 5.56 Å². The van der Waals surface area contributed by atoms with Crippen LogP contribution >= 0.6 is 11.3 Å². The van der Waals surface area contributed by atoms with Crippen LogP contribution in [0.3, 0.4) is 0 Å².